The Labute approximate surface area is 290 Å². The molecule has 1 aliphatic carbocycles. The molecule has 0 spiro atoms. The van der Waals surface area contributed by atoms with Crippen molar-refractivity contribution in [1.82, 2.24) is 24.8 Å². The van der Waals surface area contributed by atoms with Crippen molar-refractivity contribution in [3.63, 3.8) is 0 Å². The van der Waals surface area contributed by atoms with Crippen LogP contribution in [0.2, 0.25) is 0 Å². The number of alkyl halides is 6. The molecule has 0 amide bonds. The van der Waals surface area contributed by atoms with Crippen LogP contribution in [0.1, 0.15) is 43.4 Å². The Hall–Kier alpha value is -4.44. The molecule has 1 saturated heterocycles. The Kier molecular flexibility index (Phi) is 10.2. The number of imidazole rings is 1. The van der Waals surface area contributed by atoms with E-state index in [0.717, 1.165) is 69.3 Å². The number of methoxy groups -OCH3 is 1. The molecule has 2 aliphatic rings. The van der Waals surface area contributed by atoms with E-state index in [1.165, 1.54) is 0 Å². The van der Waals surface area contributed by atoms with E-state index in [0.29, 0.717) is 42.8 Å². The van der Waals surface area contributed by atoms with E-state index in [1.807, 2.05) is 36.2 Å². The monoisotopic (exact) mass is 719 g/mol. The Morgan fingerprint density at radius 3 is 2.27 bits per heavy atom. The maximum Gasteiger partial charge on any atom is 0.433 e. The van der Waals surface area contributed by atoms with Crippen molar-refractivity contribution in [3.05, 3.63) is 53.9 Å². The van der Waals surface area contributed by atoms with Gasteiger partial charge in [0.2, 0.25) is 0 Å². The number of carboxylic acid groups (broad SMARTS) is 1. The summed E-state index contributed by atoms with van der Waals surface area (Å²) in [6.45, 7) is 4.56. The van der Waals surface area contributed by atoms with Gasteiger partial charge in [0.15, 0.2) is 11.3 Å². The lowest BCUT2D eigenvalue weighted by Crippen LogP contribution is -2.46. The molecule has 3 aromatic heterocycles. The fourth-order valence-corrected chi connectivity index (χ4v) is 7.29. The first kappa shape index (κ1) is 36.4. The highest BCUT2D eigenvalue weighted by atomic mass is 19.4. The maximum atomic E-state index is 13.9. The fraction of sp³-hybridized carbons (Fsp3) is 0.486. The van der Waals surface area contributed by atoms with Crippen molar-refractivity contribution in [2.24, 2.45) is 5.41 Å². The summed E-state index contributed by atoms with van der Waals surface area (Å²) in [7, 11) is 3.50. The summed E-state index contributed by atoms with van der Waals surface area (Å²) in [6, 6.07) is 9.72. The minimum absolute atomic E-state index is 0.000757. The summed E-state index contributed by atoms with van der Waals surface area (Å²) in [5, 5.41) is 8.98. The SMILES string of the molecule is COCC1(CN(C)c2cc(-c3cnc(C(F)(F)F)c(C(F)(F)F)c3)nc3nc(-c4ccc(N5CCN(CCC(=O)O)CC5)cc4)[nH]c23)CCCC1. The van der Waals surface area contributed by atoms with Gasteiger partial charge in [-0.2, -0.15) is 26.3 Å². The number of benzene rings is 1. The zero-order chi connectivity index (χ0) is 36.6. The molecule has 10 nitrogen and oxygen atoms in total. The number of nitrogens with zero attached hydrogens (tertiary/aromatic N) is 6. The molecule has 0 atom stereocenters. The van der Waals surface area contributed by atoms with Gasteiger partial charge in [-0.25, -0.2) is 9.97 Å². The van der Waals surface area contributed by atoms with Gasteiger partial charge in [-0.1, -0.05) is 12.8 Å². The number of anilines is 2. The van der Waals surface area contributed by atoms with Gasteiger partial charge in [0.1, 0.15) is 11.3 Å². The lowest BCUT2D eigenvalue weighted by molar-refractivity contribution is -0.164. The van der Waals surface area contributed by atoms with E-state index in [-0.39, 0.29) is 28.7 Å². The lowest BCUT2D eigenvalue weighted by Gasteiger charge is -2.35. The predicted molar refractivity (Wildman–Crippen MR) is 180 cm³/mol. The second-order valence-corrected chi connectivity index (χ2v) is 13.4. The first-order valence-electron chi connectivity index (χ1n) is 16.7. The first-order valence-corrected chi connectivity index (χ1v) is 16.7. The Bertz CT molecular complexity index is 1850. The quantitative estimate of drug-likeness (QED) is 0.159. The minimum atomic E-state index is -5.30. The van der Waals surface area contributed by atoms with Crippen molar-refractivity contribution in [2.75, 3.05) is 69.8 Å². The highest BCUT2D eigenvalue weighted by Crippen LogP contribution is 2.43. The number of halogens is 6. The number of aromatic nitrogens is 4. The Morgan fingerprint density at radius 2 is 1.67 bits per heavy atom. The second kappa shape index (κ2) is 14.3. The van der Waals surface area contributed by atoms with Gasteiger partial charge >= 0.3 is 18.3 Å². The summed E-state index contributed by atoms with van der Waals surface area (Å²) in [5.74, 6) is -0.358. The van der Waals surface area contributed by atoms with E-state index >= 15 is 0 Å². The number of piperazine rings is 1. The molecular weight excluding hydrogens is 680 g/mol. The van der Waals surface area contributed by atoms with Crippen LogP contribution in [-0.4, -0.2) is 95.9 Å². The molecule has 16 heteroatoms. The summed E-state index contributed by atoms with van der Waals surface area (Å²) in [4.78, 5) is 33.0. The van der Waals surface area contributed by atoms with Crippen LogP contribution in [0.15, 0.2) is 42.6 Å². The number of aliphatic carboxylic acids is 1. The van der Waals surface area contributed by atoms with E-state index in [2.05, 4.69) is 24.8 Å². The number of ether oxygens (including phenoxy) is 1. The molecule has 2 N–H and O–H groups in total. The molecule has 0 radical (unpaired) electrons. The number of H-pyrrole nitrogens is 1. The van der Waals surface area contributed by atoms with Gasteiger partial charge in [-0.15, -0.1) is 0 Å². The fourth-order valence-electron chi connectivity index (χ4n) is 7.29. The Morgan fingerprint density at radius 1 is 0.980 bits per heavy atom. The van der Waals surface area contributed by atoms with Gasteiger partial charge in [-0.3, -0.25) is 14.7 Å². The third-order valence-electron chi connectivity index (χ3n) is 9.82. The average molecular weight is 720 g/mol. The van der Waals surface area contributed by atoms with Gasteiger partial charge in [0, 0.05) is 81.9 Å². The van der Waals surface area contributed by atoms with Gasteiger partial charge in [-0.05, 0) is 49.2 Å². The Balaban J connectivity index is 1.35. The van der Waals surface area contributed by atoms with Gasteiger partial charge < -0.3 is 24.6 Å². The summed E-state index contributed by atoms with van der Waals surface area (Å²) >= 11 is 0. The largest absolute Gasteiger partial charge is 0.481 e. The van der Waals surface area contributed by atoms with Crippen molar-refractivity contribution in [2.45, 2.75) is 44.5 Å². The van der Waals surface area contributed by atoms with Crippen LogP contribution in [0.3, 0.4) is 0 Å². The first-order chi connectivity index (χ1) is 24.2. The van der Waals surface area contributed by atoms with E-state index < -0.39 is 29.6 Å². The third kappa shape index (κ3) is 8.06. The average Bonchev–Trinajstić information content (AvgIpc) is 3.73. The molecule has 4 heterocycles. The van der Waals surface area contributed by atoms with Crippen molar-refractivity contribution < 1.29 is 41.0 Å². The standard InChI is InChI=1S/C35H39F6N7O3/c1-46(20-33(21-51-2)10-3-4-11-33)27-18-26(23-17-25(34(36,37)38)30(42-19-23)35(39,40)41)43-32-29(27)44-31(45-32)22-5-7-24(8-6-22)48-15-13-47(14-16-48)12-9-28(49)50/h5-8,17-19H,3-4,9-16,20-21H2,1-2H3,(H,49,50)(H,43,44,45). The van der Waals surface area contributed by atoms with Crippen LogP contribution >= 0.6 is 0 Å². The van der Waals surface area contributed by atoms with E-state index in [1.54, 1.807) is 13.2 Å². The van der Waals surface area contributed by atoms with E-state index in [9.17, 15) is 31.1 Å². The zero-order valence-corrected chi connectivity index (χ0v) is 28.2. The number of hydrogen-bond acceptors (Lipinski definition) is 8. The number of nitrogens with one attached hydrogen (secondary N) is 1. The van der Waals surface area contributed by atoms with Crippen LogP contribution in [0.5, 0.6) is 0 Å². The third-order valence-corrected chi connectivity index (χ3v) is 9.82. The molecule has 1 aliphatic heterocycles. The molecule has 0 unspecified atom stereocenters. The van der Waals surface area contributed by atoms with Crippen molar-refractivity contribution >= 4 is 28.5 Å². The normalized spacial score (nSPS) is 17.0. The number of carboxylic acids is 1. The van der Waals surface area contributed by atoms with Crippen LogP contribution in [0.25, 0.3) is 33.8 Å². The summed E-state index contributed by atoms with van der Waals surface area (Å²) < 4.78 is 87.7. The molecule has 4 aromatic rings. The molecule has 51 heavy (non-hydrogen) atoms. The highest BCUT2D eigenvalue weighted by Gasteiger charge is 2.45. The smallest absolute Gasteiger partial charge is 0.433 e. The number of carbonyl (C=O) groups is 1. The van der Waals surface area contributed by atoms with Crippen LogP contribution < -0.4 is 9.80 Å². The number of hydrogen-bond donors (Lipinski definition) is 2. The molecular formula is C35H39F6N7O3. The molecule has 6 rings (SSSR count). The van der Waals surface area contributed by atoms with Gasteiger partial charge in [0.05, 0.1) is 30.0 Å². The summed E-state index contributed by atoms with van der Waals surface area (Å²) in [5.41, 5.74) is -1.27. The van der Waals surface area contributed by atoms with Gasteiger partial charge in [0.25, 0.3) is 0 Å². The molecule has 1 aromatic carbocycles. The predicted octanol–water partition coefficient (Wildman–Crippen LogP) is 6.96. The molecule has 0 bridgehead atoms. The minimum Gasteiger partial charge on any atom is -0.481 e. The second-order valence-electron chi connectivity index (χ2n) is 13.4. The van der Waals surface area contributed by atoms with Crippen LogP contribution in [0.4, 0.5) is 37.7 Å². The molecule has 2 fully saturated rings. The van der Waals surface area contributed by atoms with Crippen molar-refractivity contribution in [3.8, 4) is 22.6 Å². The number of fused-ring (bicyclic) bond motifs is 1. The van der Waals surface area contributed by atoms with Crippen LogP contribution in [-0.2, 0) is 21.9 Å². The van der Waals surface area contributed by atoms with Crippen molar-refractivity contribution in [1.29, 1.82) is 0 Å². The number of rotatable bonds is 11. The van der Waals surface area contributed by atoms with E-state index in [4.69, 9.17) is 14.8 Å². The number of aromatic amines is 1. The number of pyridine rings is 2. The highest BCUT2D eigenvalue weighted by molar-refractivity contribution is 5.91. The topological polar surface area (TPSA) is 111 Å². The summed E-state index contributed by atoms with van der Waals surface area (Å²) in [6.07, 6.45) is -5.80. The molecule has 1 saturated carbocycles. The zero-order valence-electron chi connectivity index (χ0n) is 28.2. The lowest BCUT2D eigenvalue weighted by atomic mass is 9.86. The molecule has 274 valence electrons. The maximum absolute atomic E-state index is 13.9. The van der Waals surface area contributed by atoms with Crippen LogP contribution in [0, 0.1) is 5.41 Å².